The summed E-state index contributed by atoms with van der Waals surface area (Å²) < 4.78 is 10.6. The van der Waals surface area contributed by atoms with Gasteiger partial charge in [0.2, 0.25) is 0 Å². The van der Waals surface area contributed by atoms with Gasteiger partial charge in [0, 0.05) is 5.56 Å². The summed E-state index contributed by atoms with van der Waals surface area (Å²) in [5, 5.41) is 8.38. The number of hydrogen-bond acceptors (Lipinski definition) is 5. The van der Waals surface area contributed by atoms with Gasteiger partial charge in [-0.3, -0.25) is 14.9 Å². The molecular formula is C22H21N3O4S. The SMILES string of the molecule is CCOc1cccc(C(=O)NC(=S)Nc2ccccc2C(=O)NCc2ccco2)c1. The van der Waals surface area contributed by atoms with Crippen LogP contribution in [0.4, 0.5) is 5.69 Å². The summed E-state index contributed by atoms with van der Waals surface area (Å²) in [5.74, 6) is 0.565. The van der Waals surface area contributed by atoms with Crippen molar-refractivity contribution >= 4 is 34.8 Å². The number of ether oxygens (including phenoxy) is 1. The molecule has 0 saturated heterocycles. The summed E-state index contributed by atoms with van der Waals surface area (Å²) in [6.45, 7) is 2.63. The Balaban J connectivity index is 1.63. The highest BCUT2D eigenvalue weighted by Gasteiger charge is 2.14. The van der Waals surface area contributed by atoms with Gasteiger partial charge in [-0.2, -0.15) is 0 Å². The molecule has 0 aliphatic heterocycles. The smallest absolute Gasteiger partial charge is 0.257 e. The van der Waals surface area contributed by atoms with Crippen LogP contribution in [0.25, 0.3) is 0 Å². The average Bonchev–Trinajstić information content (AvgIpc) is 3.26. The van der Waals surface area contributed by atoms with Crippen molar-refractivity contribution in [3.05, 3.63) is 83.8 Å². The maximum atomic E-state index is 12.5. The molecule has 30 heavy (non-hydrogen) atoms. The second-order valence-electron chi connectivity index (χ2n) is 6.18. The molecule has 7 nitrogen and oxygen atoms in total. The third-order valence-corrected chi connectivity index (χ3v) is 4.26. The van der Waals surface area contributed by atoms with E-state index in [1.807, 2.05) is 6.92 Å². The number of hydrogen-bond donors (Lipinski definition) is 3. The first-order valence-electron chi connectivity index (χ1n) is 9.31. The number of furan rings is 1. The van der Waals surface area contributed by atoms with Crippen molar-refractivity contribution < 1.29 is 18.7 Å². The van der Waals surface area contributed by atoms with Crippen molar-refractivity contribution in [1.82, 2.24) is 10.6 Å². The van der Waals surface area contributed by atoms with Crippen molar-refractivity contribution in [2.24, 2.45) is 0 Å². The lowest BCUT2D eigenvalue weighted by molar-refractivity contribution is 0.0947. The minimum absolute atomic E-state index is 0.0769. The molecule has 0 aliphatic rings. The first kappa shape index (κ1) is 21.1. The zero-order valence-corrected chi connectivity index (χ0v) is 17.1. The number of carbonyl (C=O) groups excluding carboxylic acids is 2. The van der Waals surface area contributed by atoms with Crippen LogP contribution in [-0.2, 0) is 6.54 Å². The summed E-state index contributed by atoms with van der Waals surface area (Å²) in [6, 6.07) is 17.2. The monoisotopic (exact) mass is 423 g/mol. The van der Waals surface area contributed by atoms with Gasteiger partial charge in [0.05, 0.1) is 30.7 Å². The lowest BCUT2D eigenvalue weighted by atomic mass is 10.1. The Morgan fingerprint density at radius 3 is 2.63 bits per heavy atom. The number of carbonyl (C=O) groups is 2. The third-order valence-electron chi connectivity index (χ3n) is 4.06. The molecule has 0 saturated carbocycles. The van der Waals surface area contributed by atoms with E-state index in [1.165, 1.54) is 0 Å². The second-order valence-corrected chi connectivity index (χ2v) is 6.58. The van der Waals surface area contributed by atoms with E-state index in [4.69, 9.17) is 21.4 Å². The van der Waals surface area contributed by atoms with Crippen molar-refractivity contribution in [3.63, 3.8) is 0 Å². The molecule has 3 aromatic rings. The fraction of sp³-hybridized carbons (Fsp3) is 0.136. The van der Waals surface area contributed by atoms with Crippen molar-refractivity contribution in [2.75, 3.05) is 11.9 Å². The van der Waals surface area contributed by atoms with Gasteiger partial charge in [0.1, 0.15) is 11.5 Å². The predicted octanol–water partition coefficient (Wildman–Crippen LogP) is 3.74. The van der Waals surface area contributed by atoms with Gasteiger partial charge in [-0.15, -0.1) is 0 Å². The van der Waals surface area contributed by atoms with Crippen LogP contribution in [-0.4, -0.2) is 23.5 Å². The summed E-state index contributed by atoms with van der Waals surface area (Å²) in [6.07, 6.45) is 1.54. The Kier molecular flexibility index (Phi) is 7.18. The maximum Gasteiger partial charge on any atom is 0.257 e. The second kappa shape index (κ2) is 10.2. The number of para-hydroxylation sites is 1. The van der Waals surface area contributed by atoms with Gasteiger partial charge in [0.25, 0.3) is 11.8 Å². The minimum atomic E-state index is -0.381. The molecule has 0 bridgehead atoms. The standard InChI is InChI=1S/C22H21N3O4S/c1-2-28-16-8-5-7-15(13-16)20(26)25-22(30)24-19-11-4-3-10-18(19)21(27)23-14-17-9-6-12-29-17/h3-13H,2,14H2,1H3,(H,23,27)(H2,24,25,26,30). The molecule has 3 rings (SSSR count). The molecule has 0 radical (unpaired) electrons. The molecule has 1 heterocycles. The van der Waals surface area contributed by atoms with E-state index in [2.05, 4.69) is 16.0 Å². The Bertz CT molecular complexity index is 1030. The molecule has 0 atom stereocenters. The summed E-state index contributed by atoms with van der Waals surface area (Å²) in [4.78, 5) is 25.0. The van der Waals surface area contributed by atoms with Gasteiger partial charge in [-0.25, -0.2) is 0 Å². The quantitative estimate of drug-likeness (QED) is 0.502. The molecule has 154 valence electrons. The fourth-order valence-corrected chi connectivity index (χ4v) is 2.89. The lowest BCUT2D eigenvalue weighted by Crippen LogP contribution is -2.35. The van der Waals surface area contributed by atoms with Gasteiger partial charge in [0.15, 0.2) is 5.11 Å². The highest BCUT2D eigenvalue weighted by atomic mass is 32.1. The van der Waals surface area contributed by atoms with E-state index in [9.17, 15) is 9.59 Å². The third kappa shape index (κ3) is 5.68. The van der Waals surface area contributed by atoms with Crippen molar-refractivity contribution in [1.29, 1.82) is 0 Å². The first-order valence-corrected chi connectivity index (χ1v) is 9.72. The van der Waals surface area contributed by atoms with Gasteiger partial charge in [-0.05, 0) is 61.6 Å². The molecule has 2 amide bonds. The molecule has 0 aliphatic carbocycles. The number of benzene rings is 2. The van der Waals surface area contributed by atoms with E-state index in [1.54, 1.807) is 66.9 Å². The van der Waals surface area contributed by atoms with E-state index in [-0.39, 0.29) is 23.5 Å². The number of amides is 2. The van der Waals surface area contributed by atoms with Crippen LogP contribution in [0.3, 0.4) is 0 Å². The molecule has 1 aromatic heterocycles. The number of rotatable bonds is 7. The first-order chi connectivity index (χ1) is 14.6. The Hall–Kier alpha value is -3.65. The predicted molar refractivity (Wildman–Crippen MR) is 118 cm³/mol. The van der Waals surface area contributed by atoms with Crippen LogP contribution in [0.2, 0.25) is 0 Å². The Morgan fingerprint density at radius 2 is 1.87 bits per heavy atom. The fourth-order valence-electron chi connectivity index (χ4n) is 2.69. The summed E-state index contributed by atoms with van der Waals surface area (Å²) >= 11 is 5.25. The van der Waals surface area contributed by atoms with Crippen LogP contribution >= 0.6 is 12.2 Å². The average molecular weight is 423 g/mol. The normalized spacial score (nSPS) is 10.2. The molecule has 8 heteroatoms. The lowest BCUT2D eigenvalue weighted by Gasteiger charge is -2.13. The molecule has 3 N–H and O–H groups in total. The summed E-state index contributed by atoms with van der Waals surface area (Å²) in [7, 11) is 0. The summed E-state index contributed by atoms with van der Waals surface area (Å²) in [5.41, 5.74) is 1.27. The zero-order chi connectivity index (χ0) is 21.3. The number of nitrogens with one attached hydrogen (secondary N) is 3. The topological polar surface area (TPSA) is 92.6 Å². The van der Waals surface area contributed by atoms with Crippen molar-refractivity contribution in [2.45, 2.75) is 13.5 Å². The molecule has 0 spiro atoms. The molecule has 0 unspecified atom stereocenters. The Labute approximate surface area is 179 Å². The van der Waals surface area contributed by atoms with Crippen LogP contribution in [0, 0.1) is 0 Å². The van der Waals surface area contributed by atoms with E-state index in [0.29, 0.717) is 34.9 Å². The highest BCUT2D eigenvalue weighted by molar-refractivity contribution is 7.80. The van der Waals surface area contributed by atoms with Crippen molar-refractivity contribution in [3.8, 4) is 5.75 Å². The van der Waals surface area contributed by atoms with Gasteiger partial charge >= 0.3 is 0 Å². The molecule has 0 fully saturated rings. The molecule has 2 aromatic carbocycles. The molecular weight excluding hydrogens is 402 g/mol. The van der Waals surface area contributed by atoms with Crippen LogP contribution in [0.5, 0.6) is 5.75 Å². The van der Waals surface area contributed by atoms with Gasteiger partial charge < -0.3 is 19.8 Å². The maximum absolute atomic E-state index is 12.5. The van der Waals surface area contributed by atoms with E-state index >= 15 is 0 Å². The van der Waals surface area contributed by atoms with E-state index in [0.717, 1.165) is 0 Å². The van der Waals surface area contributed by atoms with Crippen LogP contribution < -0.4 is 20.7 Å². The highest BCUT2D eigenvalue weighted by Crippen LogP contribution is 2.16. The number of thiocarbonyl (C=S) groups is 1. The number of anilines is 1. The van der Waals surface area contributed by atoms with E-state index < -0.39 is 0 Å². The minimum Gasteiger partial charge on any atom is -0.494 e. The van der Waals surface area contributed by atoms with Crippen LogP contribution in [0.1, 0.15) is 33.4 Å². The zero-order valence-electron chi connectivity index (χ0n) is 16.3. The van der Waals surface area contributed by atoms with Crippen LogP contribution in [0.15, 0.2) is 71.3 Å². The largest absolute Gasteiger partial charge is 0.494 e. The van der Waals surface area contributed by atoms with Gasteiger partial charge in [-0.1, -0.05) is 18.2 Å². The Morgan fingerprint density at radius 1 is 1.03 bits per heavy atom.